The molecule has 3 rings (SSSR count). The van der Waals surface area contributed by atoms with Gasteiger partial charge in [0.2, 0.25) is 5.91 Å². The highest BCUT2D eigenvalue weighted by molar-refractivity contribution is 5.80. The Morgan fingerprint density at radius 2 is 1.69 bits per heavy atom. The molecule has 0 bridgehead atoms. The van der Waals surface area contributed by atoms with Crippen LogP contribution in [0, 0.1) is 6.92 Å². The summed E-state index contributed by atoms with van der Waals surface area (Å²) in [6.45, 7) is 7.22. The number of benzene rings is 2. The Morgan fingerprint density at radius 3 is 2.38 bits per heavy atom. The lowest BCUT2D eigenvalue weighted by atomic mass is 10.1. The van der Waals surface area contributed by atoms with E-state index in [2.05, 4.69) is 52.6 Å². The van der Waals surface area contributed by atoms with E-state index in [-0.39, 0.29) is 12.5 Å². The summed E-state index contributed by atoms with van der Waals surface area (Å²) < 4.78 is 0. The second-order valence-electron chi connectivity index (χ2n) is 6.89. The number of nitrogens with zero attached hydrogens (tertiary/aromatic N) is 2. The maximum atomic E-state index is 12.1. The average Bonchev–Trinajstić information content (AvgIpc) is 2.67. The van der Waals surface area contributed by atoms with Crippen LogP contribution in [0.4, 0.5) is 11.4 Å². The highest BCUT2D eigenvalue weighted by Gasteiger charge is 2.13. The van der Waals surface area contributed by atoms with Crippen LogP contribution in [-0.2, 0) is 11.3 Å². The molecule has 2 aromatic rings. The van der Waals surface area contributed by atoms with Crippen LogP contribution >= 0.6 is 0 Å². The summed E-state index contributed by atoms with van der Waals surface area (Å²) >= 11 is 0. The van der Waals surface area contributed by atoms with Gasteiger partial charge in [-0.3, -0.25) is 4.79 Å². The lowest BCUT2D eigenvalue weighted by Crippen LogP contribution is -2.44. The summed E-state index contributed by atoms with van der Waals surface area (Å²) in [5.41, 5.74) is 4.55. The Labute approximate surface area is 156 Å². The van der Waals surface area contributed by atoms with Crippen molar-refractivity contribution in [1.29, 1.82) is 0 Å². The molecule has 0 unspecified atom stereocenters. The normalized spacial score (nSPS) is 14.9. The zero-order valence-corrected chi connectivity index (χ0v) is 15.7. The molecular weight excluding hydrogens is 324 g/mol. The van der Waals surface area contributed by atoms with Crippen LogP contribution in [-0.4, -0.2) is 50.6 Å². The van der Waals surface area contributed by atoms with E-state index in [4.69, 9.17) is 0 Å². The predicted molar refractivity (Wildman–Crippen MR) is 108 cm³/mol. The number of carbonyl (C=O) groups is 1. The number of aryl methyl sites for hydroxylation is 1. The minimum Gasteiger partial charge on any atom is -0.376 e. The van der Waals surface area contributed by atoms with E-state index in [9.17, 15) is 4.79 Å². The fraction of sp³-hybridized carbons (Fsp3) is 0.381. The first-order chi connectivity index (χ1) is 12.6. The van der Waals surface area contributed by atoms with Crippen molar-refractivity contribution in [3.63, 3.8) is 0 Å². The van der Waals surface area contributed by atoms with Crippen LogP contribution in [0.3, 0.4) is 0 Å². The van der Waals surface area contributed by atoms with Gasteiger partial charge in [0.15, 0.2) is 0 Å². The van der Waals surface area contributed by atoms with Gasteiger partial charge < -0.3 is 20.4 Å². The van der Waals surface area contributed by atoms with Crippen molar-refractivity contribution in [3.8, 4) is 0 Å². The average molecular weight is 352 g/mol. The van der Waals surface area contributed by atoms with Crippen LogP contribution in [0.2, 0.25) is 0 Å². The molecule has 0 aromatic heterocycles. The maximum absolute atomic E-state index is 12.1. The van der Waals surface area contributed by atoms with E-state index < -0.39 is 0 Å². The number of piperazine rings is 1. The number of likely N-dealkylation sites (N-methyl/N-ethyl adjacent to an activating group) is 1. The van der Waals surface area contributed by atoms with E-state index >= 15 is 0 Å². The lowest BCUT2D eigenvalue weighted by molar-refractivity contribution is -0.119. The fourth-order valence-electron chi connectivity index (χ4n) is 3.10. The zero-order valence-electron chi connectivity index (χ0n) is 15.7. The Hall–Kier alpha value is -2.53. The number of hydrogen-bond donors (Lipinski definition) is 2. The Bertz CT molecular complexity index is 721. The Balaban J connectivity index is 1.44. The number of hydrogen-bond acceptors (Lipinski definition) is 4. The standard InChI is InChI=1S/C21H28N4O/c1-17-5-3-4-6-18(17)15-23-21(26)16-22-19-7-9-20(10-8-19)25-13-11-24(2)12-14-25/h3-10,22H,11-16H2,1-2H3,(H,23,26). The van der Waals surface area contributed by atoms with Crippen molar-refractivity contribution in [2.24, 2.45) is 0 Å². The van der Waals surface area contributed by atoms with Crippen molar-refractivity contribution >= 4 is 17.3 Å². The fourth-order valence-corrected chi connectivity index (χ4v) is 3.10. The second-order valence-corrected chi connectivity index (χ2v) is 6.89. The third-order valence-electron chi connectivity index (χ3n) is 4.93. The van der Waals surface area contributed by atoms with Crippen LogP contribution in [0.5, 0.6) is 0 Å². The number of amides is 1. The number of rotatable bonds is 6. The highest BCUT2D eigenvalue weighted by atomic mass is 16.1. The minimum absolute atomic E-state index is 0.00334. The predicted octanol–water partition coefficient (Wildman–Crippen LogP) is 2.48. The van der Waals surface area contributed by atoms with E-state index in [0.29, 0.717) is 6.54 Å². The van der Waals surface area contributed by atoms with Crippen LogP contribution in [0.15, 0.2) is 48.5 Å². The van der Waals surface area contributed by atoms with E-state index in [1.165, 1.54) is 11.3 Å². The van der Waals surface area contributed by atoms with Crippen molar-refractivity contribution < 1.29 is 4.79 Å². The molecule has 0 spiro atoms. The van der Waals surface area contributed by atoms with Gasteiger partial charge in [-0.1, -0.05) is 24.3 Å². The quantitative estimate of drug-likeness (QED) is 0.839. The van der Waals surface area contributed by atoms with Gasteiger partial charge in [-0.15, -0.1) is 0 Å². The van der Waals surface area contributed by atoms with Crippen LogP contribution in [0.25, 0.3) is 0 Å². The third-order valence-corrected chi connectivity index (χ3v) is 4.93. The van der Waals surface area contributed by atoms with E-state index in [1.807, 2.05) is 30.3 Å². The summed E-state index contributed by atoms with van der Waals surface area (Å²) in [4.78, 5) is 16.8. The summed E-state index contributed by atoms with van der Waals surface area (Å²) in [5, 5.41) is 6.16. The van der Waals surface area contributed by atoms with E-state index in [1.54, 1.807) is 0 Å². The van der Waals surface area contributed by atoms with Gasteiger partial charge in [-0.25, -0.2) is 0 Å². The lowest BCUT2D eigenvalue weighted by Gasteiger charge is -2.34. The molecule has 1 amide bonds. The zero-order chi connectivity index (χ0) is 18.4. The molecule has 5 heteroatoms. The van der Waals surface area contributed by atoms with Crippen molar-refractivity contribution in [1.82, 2.24) is 10.2 Å². The topological polar surface area (TPSA) is 47.6 Å². The Kier molecular flexibility index (Phi) is 6.12. The van der Waals surface area contributed by atoms with Gasteiger partial charge in [-0.05, 0) is 49.4 Å². The van der Waals surface area contributed by atoms with Crippen LogP contribution < -0.4 is 15.5 Å². The monoisotopic (exact) mass is 352 g/mol. The summed E-state index contributed by atoms with van der Waals surface area (Å²) in [6.07, 6.45) is 0. The van der Waals surface area contributed by atoms with Gasteiger partial charge in [-0.2, -0.15) is 0 Å². The van der Waals surface area contributed by atoms with E-state index in [0.717, 1.165) is 37.4 Å². The molecular formula is C21H28N4O. The second kappa shape index (κ2) is 8.72. The van der Waals surface area contributed by atoms with Gasteiger partial charge in [0.1, 0.15) is 0 Å². The SMILES string of the molecule is Cc1ccccc1CNC(=O)CNc1ccc(N2CCN(C)CC2)cc1. The minimum atomic E-state index is -0.00334. The summed E-state index contributed by atoms with van der Waals surface area (Å²) in [5.74, 6) is -0.00334. The number of anilines is 2. The molecule has 1 saturated heterocycles. The largest absolute Gasteiger partial charge is 0.376 e. The summed E-state index contributed by atoms with van der Waals surface area (Å²) in [7, 11) is 2.16. The summed E-state index contributed by atoms with van der Waals surface area (Å²) in [6, 6.07) is 16.4. The molecule has 0 atom stereocenters. The molecule has 1 heterocycles. The molecule has 2 aromatic carbocycles. The van der Waals surface area contributed by atoms with Gasteiger partial charge >= 0.3 is 0 Å². The maximum Gasteiger partial charge on any atom is 0.239 e. The first-order valence-corrected chi connectivity index (χ1v) is 9.20. The van der Waals surface area contributed by atoms with Gasteiger partial charge in [0.05, 0.1) is 6.54 Å². The number of carbonyl (C=O) groups excluding carboxylic acids is 1. The van der Waals surface area contributed by atoms with Crippen molar-refractivity contribution in [2.75, 3.05) is 50.0 Å². The molecule has 0 radical (unpaired) electrons. The molecule has 138 valence electrons. The highest BCUT2D eigenvalue weighted by Crippen LogP contribution is 2.19. The smallest absolute Gasteiger partial charge is 0.239 e. The third kappa shape index (κ3) is 4.99. The molecule has 0 aliphatic carbocycles. The molecule has 1 aliphatic heterocycles. The first-order valence-electron chi connectivity index (χ1n) is 9.20. The number of nitrogens with one attached hydrogen (secondary N) is 2. The van der Waals surface area contributed by atoms with Crippen molar-refractivity contribution in [2.45, 2.75) is 13.5 Å². The van der Waals surface area contributed by atoms with Crippen LogP contribution in [0.1, 0.15) is 11.1 Å². The molecule has 26 heavy (non-hydrogen) atoms. The Morgan fingerprint density at radius 1 is 1.00 bits per heavy atom. The van der Waals surface area contributed by atoms with Crippen molar-refractivity contribution in [3.05, 3.63) is 59.7 Å². The molecule has 5 nitrogen and oxygen atoms in total. The molecule has 0 saturated carbocycles. The van der Waals surface area contributed by atoms with Gasteiger partial charge in [0, 0.05) is 44.1 Å². The first kappa shape index (κ1) is 18.3. The molecule has 2 N–H and O–H groups in total. The molecule has 1 fully saturated rings. The van der Waals surface area contributed by atoms with Gasteiger partial charge in [0.25, 0.3) is 0 Å². The molecule has 1 aliphatic rings.